The van der Waals surface area contributed by atoms with Gasteiger partial charge in [-0.05, 0) is 36.8 Å². The van der Waals surface area contributed by atoms with Crippen molar-refractivity contribution in [3.63, 3.8) is 0 Å². The Morgan fingerprint density at radius 1 is 1.12 bits per heavy atom. The molecule has 0 aromatic heterocycles. The zero-order chi connectivity index (χ0) is 17.1. The summed E-state index contributed by atoms with van der Waals surface area (Å²) in [6.45, 7) is 4.72. The quantitative estimate of drug-likeness (QED) is 0.922. The third-order valence-electron chi connectivity index (χ3n) is 5.36. The number of carbonyl (C=O) groups excluding carboxylic acids is 2. The summed E-state index contributed by atoms with van der Waals surface area (Å²) in [6, 6.07) is 7.62. The maximum atomic E-state index is 13.1. The predicted octanol–water partition coefficient (Wildman–Crippen LogP) is 3.30. The van der Waals surface area contributed by atoms with Crippen LogP contribution in [-0.2, 0) is 16.0 Å². The second-order valence-corrected chi connectivity index (χ2v) is 7.43. The summed E-state index contributed by atoms with van der Waals surface area (Å²) in [5.41, 5.74) is 2.21. The van der Waals surface area contributed by atoms with Crippen molar-refractivity contribution in [1.82, 2.24) is 5.32 Å². The minimum atomic E-state index is -0.439. The van der Waals surface area contributed by atoms with E-state index < -0.39 is 6.04 Å². The lowest BCUT2D eigenvalue weighted by Crippen LogP contribution is -2.52. The number of nitrogens with one attached hydrogen (secondary N) is 1. The van der Waals surface area contributed by atoms with E-state index in [1.54, 1.807) is 0 Å². The number of hydrogen-bond acceptors (Lipinski definition) is 2. The summed E-state index contributed by atoms with van der Waals surface area (Å²) in [5, 5.41) is 3.06. The van der Waals surface area contributed by atoms with Gasteiger partial charge in [-0.3, -0.25) is 9.59 Å². The van der Waals surface area contributed by atoms with E-state index in [1.165, 1.54) is 12.0 Å². The molecule has 130 valence electrons. The van der Waals surface area contributed by atoms with E-state index in [9.17, 15) is 9.59 Å². The van der Waals surface area contributed by atoms with Crippen LogP contribution in [0.4, 0.5) is 5.69 Å². The van der Waals surface area contributed by atoms with Crippen molar-refractivity contribution < 1.29 is 9.59 Å². The first-order valence-electron chi connectivity index (χ1n) is 9.27. The number of anilines is 1. The summed E-state index contributed by atoms with van der Waals surface area (Å²) in [6.07, 6.45) is 6.27. The molecule has 2 amide bonds. The van der Waals surface area contributed by atoms with Crippen LogP contribution in [0.1, 0.15) is 51.5 Å². The van der Waals surface area contributed by atoms with Gasteiger partial charge in [0.1, 0.15) is 6.04 Å². The maximum absolute atomic E-state index is 13.1. The highest BCUT2D eigenvalue weighted by molar-refractivity contribution is 6.01. The fraction of sp³-hybridized carbons (Fsp3) is 0.600. The van der Waals surface area contributed by atoms with Crippen LogP contribution in [-0.4, -0.2) is 24.4 Å². The molecule has 1 aromatic carbocycles. The Morgan fingerprint density at radius 2 is 1.83 bits per heavy atom. The molecule has 1 N–H and O–H groups in total. The van der Waals surface area contributed by atoms with Crippen molar-refractivity contribution in [2.75, 3.05) is 11.4 Å². The Balaban J connectivity index is 1.71. The maximum Gasteiger partial charge on any atom is 0.249 e. The average Bonchev–Trinajstić information content (AvgIpc) is 3.03. The minimum Gasteiger partial charge on any atom is -0.344 e. The molecule has 1 aromatic rings. The predicted molar refractivity (Wildman–Crippen MR) is 95.8 cm³/mol. The molecule has 4 nitrogen and oxygen atoms in total. The second kappa shape index (κ2) is 7.37. The first kappa shape index (κ1) is 17.0. The number of hydrogen-bond donors (Lipinski definition) is 1. The van der Waals surface area contributed by atoms with E-state index in [-0.39, 0.29) is 23.7 Å². The van der Waals surface area contributed by atoms with Crippen LogP contribution in [0, 0.1) is 11.8 Å². The van der Waals surface area contributed by atoms with E-state index >= 15 is 0 Å². The molecule has 4 heteroatoms. The first-order valence-corrected chi connectivity index (χ1v) is 9.27. The average molecular weight is 328 g/mol. The van der Waals surface area contributed by atoms with E-state index in [0.717, 1.165) is 37.8 Å². The molecule has 1 unspecified atom stereocenters. The van der Waals surface area contributed by atoms with Gasteiger partial charge in [0.25, 0.3) is 0 Å². The molecule has 1 atom stereocenters. The van der Waals surface area contributed by atoms with Crippen LogP contribution in [0.25, 0.3) is 0 Å². The van der Waals surface area contributed by atoms with Gasteiger partial charge in [0.2, 0.25) is 11.8 Å². The van der Waals surface area contributed by atoms with Gasteiger partial charge < -0.3 is 10.2 Å². The third-order valence-corrected chi connectivity index (χ3v) is 5.36. The summed E-state index contributed by atoms with van der Waals surface area (Å²) in [5.74, 6) is 0.254. The number of fused-ring (bicyclic) bond motifs is 1. The molecule has 1 heterocycles. The van der Waals surface area contributed by atoms with Crippen LogP contribution >= 0.6 is 0 Å². The Morgan fingerprint density at radius 3 is 2.54 bits per heavy atom. The van der Waals surface area contributed by atoms with Crippen molar-refractivity contribution in [2.45, 2.75) is 58.4 Å². The van der Waals surface area contributed by atoms with E-state index in [2.05, 4.69) is 11.4 Å². The largest absolute Gasteiger partial charge is 0.344 e. The standard InChI is InChI=1S/C20H28N2O2/c1-14(2)18(21-19(23)16-9-4-3-5-10-16)20(24)22-13-12-15-8-6-7-11-17(15)22/h6-8,11,14,16,18H,3-5,9-10,12-13H2,1-2H3,(H,21,23). The number of rotatable bonds is 4. The van der Waals surface area contributed by atoms with Crippen molar-refractivity contribution >= 4 is 17.5 Å². The van der Waals surface area contributed by atoms with Crippen molar-refractivity contribution in [3.05, 3.63) is 29.8 Å². The molecule has 1 fully saturated rings. The summed E-state index contributed by atoms with van der Waals surface area (Å²) in [7, 11) is 0. The molecule has 1 aliphatic heterocycles. The van der Waals surface area contributed by atoms with Crippen molar-refractivity contribution in [3.8, 4) is 0 Å². The lowest BCUT2D eigenvalue weighted by molar-refractivity contribution is -0.131. The highest BCUT2D eigenvalue weighted by Gasteiger charge is 2.34. The van der Waals surface area contributed by atoms with Crippen molar-refractivity contribution in [2.24, 2.45) is 11.8 Å². The van der Waals surface area contributed by atoms with Gasteiger partial charge in [0.05, 0.1) is 0 Å². The van der Waals surface area contributed by atoms with Gasteiger partial charge in [0, 0.05) is 18.2 Å². The Bertz CT molecular complexity index is 605. The van der Waals surface area contributed by atoms with E-state index in [4.69, 9.17) is 0 Å². The summed E-state index contributed by atoms with van der Waals surface area (Å²) in [4.78, 5) is 27.5. The van der Waals surface area contributed by atoms with Crippen LogP contribution < -0.4 is 10.2 Å². The fourth-order valence-electron chi connectivity index (χ4n) is 3.88. The molecule has 0 bridgehead atoms. The number of amides is 2. The minimum absolute atomic E-state index is 0.0270. The van der Waals surface area contributed by atoms with E-state index in [0.29, 0.717) is 6.54 Å². The zero-order valence-corrected chi connectivity index (χ0v) is 14.8. The van der Waals surface area contributed by atoms with Crippen LogP contribution in [0.15, 0.2) is 24.3 Å². The van der Waals surface area contributed by atoms with Gasteiger partial charge in [-0.2, -0.15) is 0 Å². The second-order valence-electron chi connectivity index (χ2n) is 7.43. The molecule has 0 saturated heterocycles. The Hall–Kier alpha value is -1.84. The molecule has 0 spiro atoms. The Labute approximate surface area is 144 Å². The van der Waals surface area contributed by atoms with Gasteiger partial charge in [0.15, 0.2) is 0 Å². The van der Waals surface area contributed by atoms with E-state index in [1.807, 2.05) is 36.9 Å². The summed E-state index contributed by atoms with van der Waals surface area (Å²) >= 11 is 0. The third kappa shape index (κ3) is 3.47. The smallest absolute Gasteiger partial charge is 0.249 e. The molecule has 24 heavy (non-hydrogen) atoms. The number of nitrogens with zero attached hydrogens (tertiary/aromatic N) is 1. The van der Waals surface area contributed by atoms with Gasteiger partial charge in [-0.25, -0.2) is 0 Å². The molecular weight excluding hydrogens is 300 g/mol. The molecule has 3 rings (SSSR count). The molecule has 0 radical (unpaired) electrons. The zero-order valence-electron chi connectivity index (χ0n) is 14.8. The normalized spacial score (nSPS) is 19.2. The lowest BCUT2D eigenvalue weighted by atomic mass is 9.88. The molecule has 2 aliphatic rings. The number of carbonyl (C=O) groups is 2. The number of para-hydroxylation sites is 1. The highest BCUT2D eigenvalue weighted by Crippen LogP contribution is 2.29. The van der Waals surface area contributed by atoms with Crippen molar-refractivity contribution in [1.29, 1.82) is 0 Å². The monoisotopic (exact) mass is 328 g/mol. The van der Waals surface area contributed by atoms with Gasteiger partial charge in [-0.15, -0.1) is 0 Å². The molecule has 1 saturated carbocycles. The molecule has 1 aliphatic carbocycles. The Kier molecular flexibility index (Phi) is 5.22. The van der Waals surface area contributed by atoms with Gasteiger partial charge in [-0.1, -0.05) is 51.3 Å². The van der Waals surface area contributed by atoms with Gasteiger partial charge >= 0.3 is 0 Å². The SMILES string of the molecule is CC(C)C(NC(=O)C1CCCCC1)C(=O)N1CCc2ccccc21. The number of benzene rings is 1. The topological polar surface area (TPSA) is 49.4 Å². The first-order chi connectivity index (χ1) is 11.6. The van der Waals surface area contributed by atoms with Crippen LogP contribution in [0.2, 0.25) is 0 Å². The molecular formula is C20H28N2O2. The lowest BCUT2D eigenvalue weighted by Gasteiger charge is -2.29. The fourth-order valence-corrected chi connectivity index (χ4v) is 3.88. The van der Waals surface area contributed by atoms with Crippen LogP contribution in [0.5, 0.6) is 0 Å². The highest BCUT2D eigenvalue weighted by atomic mass is 16.2. The van der Waals surface area contributed by atoms with Crippen LogP contribution in [0.3, 0.4) is 0 Å². The summed E-state index contributed by atoms with van der Waals surface area (Å²) < 4.78 is 0.